The molecule has 2 aliphatic rings. The highest BCUT2D eigenvalue weighted by molar-refractivity contribution is 5.92. The fourth-order valence-electron chi connectivity index (χ4n) is 4.01. The normalized spacial score (nSPS) is 20.4. The van der Waals surface area contributed by atoms with Crippen LogP contribution in [-0.2, 0) is 16.0 Å². The van der Waals surface area contributed by atoms with Crippen LogP contribution in [0.4, 0.5) is 5.95 Å². The van der Waals surface area contributed by atoms with Gasteiger partial charge in [0.1, 0.15) is 11.8 Å². The van der Waals surface area contributed by atoms with Crippen molar-refractivity contribution in [1.82, 2.24) is 20.6 Å². The summed E-state index contributed by atoms with van der Waals surface area (Å²) in [6.07, 6.45) is 5.46. The highest BCUT2D eigenvalue weighted by Gasteiger charge is 2.51. The Labute approximate surface area is 169 Å². The molecule has 2 fully saturated rings. The SMILES string of the molecule is COc1cccc(CC2(C(=O)NC3CCCNC3=O)CN(c3ncccn3)C2)c1. The first-order chi connectivity index (χ1) is 14.1. The largest absolute Gasteiger partial charge is 0.497 e. The van der Waals surface area contributed by atoms with Crippen LogP contribution in [0.3, 0.4) is 0 Å². The Hall–Kier alpha value is -3.16. The molecule has 1 atom stereocenters. The van der Waals surface area contributed by atoms with E-state index in [0.717, 1.165) is 17.7 Å². The maximum absolute atomic E-state index is 13.3. The molecule has 0 radical (unpaired) electrons. The molecule has 1 aromatic carbocycles. The summed E-state index contributed by atoms with van der Waals surface area (Å²) in [7, 11) is 1.63. The van der Waals surface area contributed by atoms with Gasteiger partial charge < -0.3 is 20.3 Å². The van der Waals surface area contributed by atoms with Gasteiger partial charge in [-0.3, -0.25) is 9.59 Å². The minimum absolute atomic E-state index is 0.102. The van der Waals surface area contributed by atoms with Crippen LogP contribution in [0.25, 0.3) is 0 Å². The Morgan fingerprint density at radius 2 is 2.10 bits per heavy atom. The zero-order valence-electron chi connectivity index (χ0n) is 16.4. The molecule has 2 N–H and O–H groups in total. The van der Waals surface area contributed by atoms with Crippen LogP contribution in [0.5, 0.6) is 5.75 Å². The third kappa shape index (κ3) is 4.01. The standard InChI is InChI=1S/C21H25N5O3/c1-29-16-6-2-5-15(11-16)12-21(13-26(14-21)20-23-9-4-10-24-20)19(28)25-17-7-3-8-22-18(17)27/h2,4-6,9-11,17H,3,7-8,12-14H2,1H3,(H,22,27)(H,25,28). The molecule has 152 valence electrons. The van der Waals surface area contributed by atoms with Gasteiger partial charge in [0.15, 0.2) is 0 Å². The first-order valence-electron chi connectivity index (χ1n) is 9.83. The molecule has 2 aliphatic heterocycles. The summed E-state index contributed by atoms with van der Waals surface area (Å²) in [5, 5.41) is 5.81. The van der Waals surface area contributed by atoms with E-state index < -0.39 is 11.5 Å². The van der Waals surface area contributed by atoms with Crippen LogP contribution in [0.15, 0.2) is 42.7 Å². The van der Waals surface area contributed by atoms with Crippen LogP contribution in [0, 0.1) is 5.41 Å². The van der Waals surface area contributed by atoms with Crippen LogP contribution in [-0.4, -0.2) is 54.6 Å². The number of ether oxygens (including phenoxy) is 1. The van der Waals surface area contributed by atoms with Gasteiger partial charge >= 0.3 is 0 Å². The summed E-state index contributed by atoms with van der Waals surface area (Å²) < 4.78 is 5.32. The maximum Gasteiger partial charge on any atom is 0.242 e. The van der Waals surface area contributed by atoms with E-state index in [-0.39, 0.29) is 11.8 Å². The topological polar surface area (TPSA) is 96.5 Å². The number of anilines is 1. The number of benzene rings is 1. The van der Waals surface area contributed by atoms with Crippen LogP contribution >= 0.6 is 0 Å². The maximum atomic E-state index is 13.3. The van der Waals surface area contributed by atoms with Gasteiger partial charge in [0.05, 0.1) is 12.5 Å². The highest BCUT2D eigenvalue weighted by Crippen LogP contribution is 2.37. The Bertz CT molecular complexity index is 883. The van der Waals surface area contributed by atoms with E-state index in [0.29, 0.717) is 38.4 Å². The van der Waals surface area contributed by atoms with Gasteiger partial charge in [0, 0.05) is 32.0 Å². The minimum Gasteiger partial charge on any atom is -0.497 e. The van der Waals surface area contributed by atoms with Gasteiger partial charge in [0.25, 0.3) is 0 Å². The Morgan fingerprint density at radius 1 is 1.31 bits per heavy atom. The lowest BCUT2D eigenvalue weighted by atomic mass is 9.73. The van der Waals surface area contributed by atoms with Gasteiger partial charge in [-0.05, 0) is 43.0 Å². The summed E-state index contributed by atoms with van der Waals surface area (Å²) in [6, 6.07) is 9.04. The van der Waals surface area contributed by atoms with Crippen molar-refractivity contribution < 1.29 is 14.3 Å². The van der Waals surface area contributed by atoms with E-state index in [1.165, 1.54) is 0 Å². The molecule has 2 saturated heterocycles. The minimum atomic E-state index is -0.650. The van der Waals surface area contributed by atoms with Crippen molar-refractivity contribution in [2.24, 2.45) is 5.41 Å². The number of piperidine rings is 1. The summed E-state index contributed by atoms with van der Waals surface area (Å²) >= 11 is 0. The number of rotatable bonds is 6. The van der Waals surface area contributed by atoms with E-state index in [1.807, 2.05) is 29.2 Å². The zero-order chi connectivity index (χ0) is 20.3. The third-order valence-corrected chi connectivity index (χ3v) is 5.57. The molecular formula is C21H25N5O3. The van der Waals surface area contributed by atoms with Crippen molar-refractivity contribution in [1.29, 1.82) is 0 Å². The van der Waals surface area contributed by atoms with Crippen molar-refractivity contribution in [3.8, 4) is 5.75 Å². The lowest BCUT2D eigenvalue weighted by Gasteiger charge is -2.49. The summed E-state index contributed by atoms with van der Waals surface area (Å²) in [6.45, 7) is 1.65. The molecule has 0 spiro atoms. The van der Waals surface area contributed by atoms with Gasteiger partial charge in [0.2, 0.25) is 17.8 Å². The van der Waals surface area contributed by atoms with Crippen molar-refractivity contribution in [3.05, 3.63) is 48.3 Å². The van der Waals surface area contributed by atoms with E-state index in [2.05, 4.69) is 20.6 Å². The van der Waals surface area contributed by atoms with E-state index in [9.17, 15) is 9.59 Å². The molecule has 29 heavy (non-hydrogen) atoms. The number of carbonyl (C=O) groups excluding carboxylic acids is 2. The third-order valence-electron chi connectivity index (χ3n) is 5.57. The summed E-state index contributed by atoms with van der Waals surface area (Å²) in [4.78, 5) is 36.0. The number of carbonyl (C=O) groups is 2. The average molecular weight is 395 g/mol. The number of aromatic nitrogens is 2. The van der Waals surface area contributed by atoms with Crippen molar-refractivity contribution in [3.63, 3.8) is 0 Å². The molecule has 8 heteroatoms. The van der Waals surface area contributed by atoms with Gasteiger partial charge in [-0.25, -0.2) is 9.97 Å². The van der Waals surface area contributed by atoms with Crippen LogP contribution < -0.4 is 20.3 Å². The number of hydrogen-bond donors (Lipinski definition) is 2. The highest BCUT2D eigenvalue weighted by atomic mass is 16.5. The van der Waals surface area contributed by atoms with Gasteiger partial charge in [-0.2, -0.15) is 0 Å². The predicted octanol–water partition coefficient (Wildman–Crippen LogP) is 0.929. The van der Waals surface area contributed by atoms with E-state index in [4.69, 9.17) is 4.74 Å². The molecule has 1 unspecified atom stereocenters. The quantitative estimate of drug-likeness (QED) is 0.755. The molecule has 0 saturated carbocycles. The van der Waals surface area contributed by atoms with Crippen molar-refractivity contribution in [2.45, 2.75) is 25.3 Å². The number of nitrogens with zero attached hydrogens (tertiary/aromatic N) is 3. The first-order valence-corrected chi connectivity index (χ1v) is 9.83. The molecule has 4 rings (SSSR count). The Morgan fingerprint density at radius 3 is 2.83 bits per heavy atom. The molecule has 2 aromatic rings. The number of methoxy groups -OCH3 is 1. The van der Waals surface area contributed by atoms with Crippen molar-refractivity contribution in [2.75, 3.05) is 31.6 Å². The van der Waals surface area contributed by atoms with E-state index in [1.54, 1.807) is 25.6 Å². The van der Waals surface area contributed by atoms with Crippen LogP contribution in [0.1, 0.15) is 18.4 Å². The first kappa shape index (κ1) is 19.2. The summed E-state index contributed by atoms with van der Waals surface area (Å²) in [5.74, 6) is 1.16. The molecule has 1 aromatic heterocycles. The summed E-state index contributed by atoms with van der Waals surface area (Å²) in [5.41, 5.74) is 0.366. The second-order valence-electron chi connectivity index (χ2n) is 7.67. The molecule has 0 bridgehead atoms. The second-order valence-corrected chi connectivity index (χ2v) is 7.67. The zero-order valence-corrected chi connectivity index (χ0v) is 16.4. The van der Waals surface area contributed by atoms with Crippen LogP contribution in [0.2, 0.25) is 0 Å². The number of nitrogens with one attached hydrogen (secondary N) is 2. The average Bonchev–Trinajstić information content (AvgIpc) is 2.72. The van der Waals surface area contributed by atoms with E-state index >= 15 is 0 Å². The smallest absolute Gasteiger partial charge is 0.242 e. The van der Waals surface area contributed by atoms with Gasteiger partial charge in [-0.15, -0.1) is 0 Å². The Balaban J connectivity index is 1.54. The molecular weight excluding hydrogens is 370 g/mol. The molecule has 8 nitrogen and oxygen atoms in total. The fraction of sp³-hybridized carbons (Fsp3) is 0.429. The number of amides is 2. The second kappa shape index (κ2) is 8.06. The predicted molar refractivity (Wildman–Crippen MR) is 108 cm³/mol. The fourth-order valence-corrected chi connectivity index (χ4v) is 4.01. The lowest BCUT2D eigenvalue weighted by molar-refractivity contribution is -0.137. The van der Waals surface area contributed by atoms with Gasteiger partial charge in [-0.1, -0.05) is 12.1 Å². The Kier molecular flexibility index (Phi) is 5.33. The van der Waals surface area contributed by atoms with Crippen molar-refractivity contribution >= 4 is 17.8 Å². The monoisotopic (exact) mass is 395 g/mol. The molecule has 3 heterocycles. The number of hydrogen-bond acceptors (Lipinski definition) is 6. The molecule has 0 aliphatic carbocycles. The lowest BCUT2D eigenvalue weighted by Crippen LogP contribution is -2.67. The molecule has 2 amide bonds.